The second kappa shape index (κ2) is 6.51. The molecule has 0 atom stereocenters. The molecule has 0 fully saturated rings. The maximum absolute atomic E-state index is 5.75. The highest BCUT2D eigenvalue weighted by Crippen LogP contribution is 2.26. The monoisotopic (exact) mass is 348 g/mol. The molecule has 0 amide bonds. The topological polar surface area (TPSA) is 69.3 Å². The highest BCUT2D eigenvalue weighted by Gasteiger charge is 2.12. The molecule has 1 aromatic carbocycles. The van der Waals surface area contributed by atoms with Crippen molar-refractivity contribution in [1.29, 1.82) is 0 Å². The van der Waals surface area contributed by atoms with Crippen LogP contribution in [0.5, 0.6) is 5.75 Å². The first-order valence-corrected chi connectivity index (χ1v) is 8.45. The number of ether oxygens (including phenoxy) is 1. The Morgan fingerprint density at radius 3 is 2.81 bits per heavy atom. The molecule has 0 saturated carbocycles. The average Bonchev–Trinajstić information content (AvgIpc) is 3.21. The van der Waals surface area contributed by atoms with Gasteiger partial charge in [0.2, 0.25) is 0 Å². The van der Waals surface area contributed by atoms with Gasteiger partial charge in [0.05, 0.1) is 24.2 Å². The van der Waals surface area contributed by atoms with Crippen LogP contribution in [0.25, 0.3) is 16.9 Å². The number of hydrogen-bond acceptors (Lipinski definition) is 5. The Kier molecular flexibility index (Phi) is 4.04. The summed E-state index contributed by atoms with van der Waals surface area (Å²) in [6.07, 6.45) is 9.39. The van der Waals surface area contributed by atoms with E-state index >= 15 is 0 Å². The molecule has 1 N–H and O–H groups in total. The molecular weight excluding hydrogens is 328 g/mol. The molecule has 4 aromatic rings. The van der Waals surface area contributed by atoms with E-state index in [0.29, 0.717) is 5.82 Å². The molecule has 26 heavy (non-hydrogen) atoms. The molecule has 0 aliphatic carbocycles. The summed E-state index contributed by atoms with van der Waals surface area (Å²) in [6, 6.07) is 7.82. The van der Waals surface area contributed by atoms with Crippen molar-refractivity contribution in [1.82, 2.24) is 24.1 Å². The van der Waals surface area contributed by atoms with E-state index in [1.165, 1.54) is 0 Å². The van der Waals surface area contributed by atoms with Gasteiger partial charge in [-0.1, -0.05) is 6.07 Å². The van der Waals surface area contributed by atoms with E-state index in [2.05, 4.69) is 20.4 Å². The number of hydrogen-bond donors (Lipinski definition) is 1. The SMILES string of the molecule is CC(C)Oc1cccc(Nc2nccn3c(-c4cnn(C)c4)cnc23)c1. The van der Waals surface area contributed by atoms with Gasteiger partial charge in [-0.25, -0.2) is 9.97 Å². The number of fused-ring (bicyclic) bond motifs is 1. The van der Waals surface area contributed by atoms with Crippen molar-refractivity contribution in [2.75, 3.05) is 5.32 Å². The Bertz CT molecular complexity index is 1050. The van der Waals surface area contributed by atoms with Crippen LogP contribution >= 0.6 is 0 Å². The van der Waals surface area contributed by atoms with Gasteiger partial charge in [0.25, 0.3) is 0 Å². The van der Waals surface area contributed by atoms with Gasteiger partial charge in [0.15, 0.2) is 11.5 Å². The summed E-state index contributed by atoms with van der Waals surface area (Å²) in [6.45, 7) is 4.01. The molecule has 3 heterocycles. The average molecular weight is 348 g/mol. The normalized spacial score (nSPS) is 11.2. The molecule has 0 unspecified atom stereocenters. The number of aryl methyl sites for hydroxylation is 1. The van der Waals surface area contributed by atoms with Gasteiger partial charge < -0.3 is 10.1 Å². The summed E-state index contributed by atoms with van der Waals surface area (Å²) in [5.74, 6) is 1.50. The van der Waals surface area contributed by atoms with Gasteiger partial charge in [-0.05, 0) is 26.0 Å². The van der Waals surface area contributed by atoms with Crippen LogP contribution in [0.3, 0.4) is 0 Å². The predicted octanol–water partition coefficient (Wildman–Crippen LogP) is 3.66. The van der Waals surface area contributed by atoms with Gasteiger partial charge in [-0.15, -0.1) is 0 Å². The van der Waals surface area contributed by atoms with Gasteiger partial charge in [-0.2, -0.15) is 5.10 Å². The van der Waals surface area contributed by atoms with Crippen molar-refractivity contribution in [3.8, 4) is 17.0 Å². The van der Waals surface area contributed by atoms with Gasteiger partial charge in [0.1, 0.15) is 5.75 Å². The summed E-state index contributed by atoms with van der Waals surface area (Å²) in [7, 11) is 1.90. The summed E-state index contributed by atoms with van der Waals surface area (Å²) in [5.41, 5.74) is 3.62. The lowest BCUT2D eigenvalue weighted by atomic mass is 10.3. The molecule has 132 valence electrons. The fourth-order valence-electron chi connectivity index (χ4n) is 2.83. The fraction of sp³-hybridized carbons (Fsp3) is 0.211. The Morgan fingerprint density at radius 2 is 2.04 bits per heavy atom. The lowest BCUT2D eigenvalue weighted by molar-refractivity contribution is 0.242. The predicted molar refractivity (Wildman–Crippen MR) is 101 cm³/mol. The quantitative estimate of drug-likeness (QED) is 0.596. The minimum atomic E-state index is 0.126. The number of benzene rings is 1. The molecule has 7 heteroatoms. The Hall–Kier alpha value is -3.35. The number of nitrogens with one attached hydrogen (secondary N) is 1. The zero-order chi connectivity index (χ0) is 18.1. The highest BCUT2D eigenvalue weighted by atomic mass is 16.5. The Morgan fingerprint density at radius 1 is 1.15 bits per heavy atom. The van der Waals surface area contributed by atoms with Crippen LogP contribution in [0, 0.1) is 0 Å². The summed E-state index contributed by atoms with van der Waals surface area (Å²) in [5, 5.41) is 7.57. The number of rotatable bonds is 5. The molecule has 3 aromatic heterocycles. The van der Waals surface area contributed by atoms with E-state index in [0.717, 1.165) is 28.3 Å². The fourth-order valence-corrected chi connectivity index (χ4v) is 2.83. The van der Waals surface area contributed by atoms with E-state index in [1.54, 1.807) is 10.9 Å². The molecule has 0 radical (unpaired) electrons. The van der Waals surface area contributed by atoms with Crippen molar-refractivity contribution < 1.29 is 4.74 Å². The van der Waals surface area contributed by atoms with Crippen LogP contribution in [-0.4, -0.2) is 30.3 Å². The third-order valence-electron chi connectivity index (χ3n) is 3.90. The molecule has 0 spiro atoms. The molecule has 0 saturated heterocycles. The van der Waals surface area contributed by atoms with Crippen LogP contribution in [-0.2, 0) is 7.05 Å². The number of nitrogens with zero attached hydrogens (tertiary/aromatic N) is 5. The second-order valence-corrected chi connectivity index (χ2v) is 6.34. The number of imidazole rings is 1. The van der Waals surface area contributed by atoms with Crippen molar-refractivity contribution >= 4 is 17.2 Å². The summed E-state index contributed by atoms with van der Waals surface area (Å²) >= 11 is 0. The number of aromatic nitrogens is 5. The molecule has 4 rings (SSSR count). The molecule has 7 nitrogen and oxygen atoms in total. The van der Waals surface area contributed by atoms with Crippen molar-refractivity contribution in [2.45, 2.75) is 20.0 Å². The van der Waals surface area contributed by atoms with Crippen LogP contribution in [0.15, 0.2) is 55.2 Å². The zero-order valence-corrected chi connectivity index (χ0v) is 14.9. The molecule has 0 aliphatic heterocycles. The minimum Gasteiger partial charge on any atom is -0.491 e. The molecular formula is C19H20N6O. The minimum absolute atomic E-state index is 0.126. The Labute approximate surface area is 151 Å². The first-order valence-electron chi connectivity index (χ1n) is 8.45. The van der Waals surface area contributed by atoms with Gasteiger partial charge in [0, 0.05) is 43.0 Å². The standard InChI is InChI=1S/C19H20N6O/c1-13(2)26-16-6-4-5-15(9-16)23-18-19-21-11-17(25(19)8-7-20-18)14-10-22-24(3)12-14/h4-13H,1-3H3,(H,20,23). The van der Waals surface area contributed by atoms with Gasteiger partial charge >= 0.3 is 0 Å². The second-order valence-electron chi connectivity index (χ2n) is 6.34. The van der Waals surface area contributed by atoms with Crippen molar-refractivity contribution in [3.05, 3.63) is 55.2 Å². The lowest BCUT2D eigenvalue weighted by Gasteiger charge is -2.12. The smallest absolute Gasteiger partial charge is 0.180 e. The summed E-state index contributed by atoms with van der Waals surface area (Å²) in [4.78, 5) is 8.99. The van der Waals surface area contributed by atoms with Crippen molar-refractivity contribution in [3.63, 3.8) is 0 Å². The van der Waals surface area contributed by atoms with Crippen molar-refractivity contribution in [2.24, 2.45) is 7.05 Å². The molecule has 0 bridgehead atoms. The third kappa shape index (κ3) is 3.11. The Balaban J connectivity index is 1.69. The van der Waals surface area contributed by atoms with E-state index in [4.69, 9.17) is 4.74 Å². The number of anilines is 2. The maximum atomic E-state index is 5.75. The van der Waals surface area contributed by atoms with E-state index in [-0.39, 0.29) is 6.10 Å². The zero-order valence-electron chi connectivity index (χ0n) is 14.9. The van der Waals surface area contributed by atoms with Gasteiger partial charge in [-0.3, -0.25) is 9.08 Å². The van der Waals surface area contributed by atoms with Crippen LogP contribution in [0.2, 0.25) is 0 Å². The van der Waals surface area contributed by atoms with Crippen LogP contribution in [0.4, 0.5) is 11.5 Å². The molecule has 0 aliphatic rings. The largest absolute Gasteiger partial charge is 0.491 e. The van der Waals surface area contributed by atoms with E-state index in [1.807, 2.05) is 74.3 Å². The van der Waals surface area contributed by atoms with E-state index in [9.17, 15) is 0 Å². The van der Waals surface area contributed by atoms with Crippen LogP contribution < -0.4 is 10.1 Å². The highest BCUT2D eigenvalue weighted by molar-refractivity contribution is 5.74. The van der Waals surface area contributed by atoms with Crippen LogP contribution in [0.1, 0.15) is 13.8 Å². The third-order valence-corrected chi connectivity index (χ3v) is 3.90. The maximum Gasteiger partial charge on any atom is 0.180 e. The van der Waals surface area contributed by atoms with E-state index < -0.39 is 0 Å². The first-order chi connectivity index (χ1) is 12.6. The lowest BCUT2D eigenvalue weighted by Crippen LogP contribution is -2.05. The first kappa shape index (κ1) is 16.1. The summed E-state index contributed by atoms with van der Waals surface area (Å²) < 4.78 is 9.53.